The number of hydrogen-bond acceptors (Lipinski definition) is 0. The van der Waals surface area contributed by atoms with Gasteiger partial charge in [-0.1, -0.05) is 112 Å². The van der Waals surface area contributed by atoms with Gasteiger partial charge in [0.1, 0.15) is 0 Å². The minimum atomic E-state index is -0.0638. The molecular formula is C27H30. The normalized spacial score (nSPS) is 14.6. The number of benzene rings is 3. The average molecular weight is 355 g/mol. The van der Waals surface area contributed by atoms with Crippen LogP contribution in [-0.2, 0) is 5.41 Å². The van der Waals surface area contributed by atoms with Crippen molar-refractivity contribution >= 4 is 0 Å². The van der Waals surface area contributed by atoms with Crippen molar-refractivity contribution in [1.29, 1.82) is 0 Å². The molecule has 0 fully saturated rings. The molecule has 0 heterocycles. The highest BCUT2D eigenvalue weighted by molar-refractivity contribution is 5.83. The SMILES string of the molecule is CCCCC(C)(C)CC1(c2ccccc2)c2ccccc2-c2ccccc21. The van der Waals surface area contributed by atoms with Crippen LogP contribution < -0.4 is 0 Å². The van der Waals surface area contributed by atoms with Crippen LogP contribution in [0.1, 0.15) is 63.1 Å². The van der Waals surface area contributed by atoms with E-state index in [2.05, 4.69) is 99.6 Å². The van der Waals surface area contributed by atoms with Gasteiger partial charge < -0.3 is 0 Å². The summed E-state index contributed by atoms with van der Waals surface area (Å²) in [6.45, 7) is 7.21. The van der Waals surface area contributed by atoms with Gasteiger partial charge in [-0.15, -0.1) is 0 Å². The van der Waals surface area contributed by atoms with E-state index in [0.717, 1.165) is 6.42 Å². The fourth-order valence-electron chi connectivity index (χ4n) is 5.11. The number of unbranched alkanes of at least 4 members (excludes halogenated alkanes) is 1. The standard InChI is InChI=1S/C27H30/c1-4-5-19-26(2,3)20-27(21-13-7-6-8-14-21)24-17-11-9-15-22(24)23-16-10-12-18-25(23)27/h6-18H,4-5,19-20H2,1-3H3. The van der Waals surface area contributed by atoms with Crippen molar-refractivity contribution in [2.45, 2.75) is 51.9 Å². The Kier molecular flexibility index (Phi) is 4.68. The highest BCUT2D eigenvalue weighted by Gasteiger charge is 2.46. The molecule has 0 aromatic heterocycles. The van der Waals surface area contributed by atoms with Gasteiger partial charge in [0, 0.05) is 5.41 Å². The first-order chi connectivity index (χ1) is 13.1. The lowest BCUT2D eigenvalue weighted by Gasteiger charge is -2.40. The zero-order valence-corrected chi connectivity index (χ0v) is 16.8. The first-order valence-electron chi connectivity index (χ1n) is 10.3. The summed E-state index contributed by atoms with van der Waals surface area (Å²) in [6.07, 6.45) is 4.95. The summed E-state index contributed by atoms with van der Waals surface area (Å²) in [5.41, 5.74) is 7.39. The largest absolute Gasteiger partial charge is 0.0654 e. The molecule has 0 nitrogen and oxygen atoms in total. The molecule has 0 N–H and O–H groups in total. The van der Waals surface area contributed by atoms with Gasteiger partial charge in [0.05, 0.1) is 0 Å². The minimum Gasteiger partial charge on any atom is -0.0654 e. The summed E-state index contributed by atoms with van der Waals surface area (Å²) in [7, 11) is 0. The lowest BCUT2D eigenvalue weighted by molar-refractivity contribution is 0.256. The predicted molar refractivity (Wildman–Crippen MR) is 116 cm³/mol. The monoisotopic (exact) mass is 354 g/mol. The fourth-order valence-corrected chi connectivity index (χ4v) is 5.11. The molecule has 0 radical (unpaired) electrons. The summed E-state index contributed by atoms with van der Waals surface area (Å²) >= 11 is 0. The van der Waals surface area contributed by atoms with E-state index < -0.39 is 0 Å². The van der Waals surface area contributed by atoms with E-state index in [4.69, 9.17) is 0 Å². The Morgan fingerprint density at radius 1 is 0.704 bits per heavy atom. The molecule has 0 saturated carbocycles. The van der Waals surface area contributed by atoms with Crippen molar-refractivity contribution in [3.8, 4) is 11.1 Å². The molecule has 0 unspecified atom stereocenters. The summed E-state index contributed by atoms with van der Waals surface area (Å²) in [5, 5.41) is 0. The second-order valence-corrected chi connectivity index (χ2v) is 8.81. The van der Waals surface area contributed by atoms with E-state index in [1.165, 1.54) is 47.1 Å². The summed E-state index contributed by atoms with van der Waals surface area (Å²) in [4.78, 5) is 0. The van der Waals surface area contributed by atoms with Crippen LogP contribution in [-0.4, -0.2) is 0 Å². The molecule has 27 heavy (non-hydrogen) atoms. The molecular weight excluding hydrogens is 324 g/mol. The van der Waals surface area contributed by atoms with Crippen molar-refractivity contribution in [1.82, 2.24) is 0 Å². The Morgan fingerprint density at radius 2 is 1.22 bits per heavy atom. The average Bonchev–Trinajstić information content (AvgIpc) is 2.98. The molecule has 138 valence electrons. The Morgan fingerprint density at radius 3 is 1.78 bits per heavy atom. The topological polar surface area (TPSA) is 0 Å². The van der Waals surface area contributed by atoms with Crippen molar-refractivity contribution < 1.29 is 0 Å². The second kappa shape index (κ2) is 7.00. The van der Waals surface area contributed by atoms with Gasteiger partial charge in [0.15, 0.2) is 0 Å². The first-order valence-corrected chi connectivity index (χ1v) is 10.3. The van der Waals surface area contributed by atoms with Gasteiger partial charge >= 0.3 is 0 Å². The van der Waals surface area contributed by atoms with Gasteiger partial charge in [0.2, 0.25) is 0 Å². The van der Waals surface area contributed by atoms with Gasteiger partial charge in [-0.2, -0.15) is 0 Å². The molecule has 1 aliphatic carbocycles. The van der Waals surface area contributed by atoms with E-state index in [9.17, 15) is 0 Å². The molecule has 0 bridgehead atoms. The van der Waals surface area contributed by atoms with Crippen LogP contribution in [0.3, 0.4) is 0 Å². The third-order valence-corrected chi connectivity index (χ3v) is 6.28. The molecule has 0 heteroatoms. The van der Waals surface area contributed by atoms with Crippen LogP contribution >= 0.6 is 0 Å². The van der Waals surface area contributed by atoms with E-state index in [0.29, 0.717) is 0 Å². The third kappa shape index (κ3) is 3.02. The van der Waals surface area contributed by atoms with E-state index >= 15 is 0 Å². The molecule has 1 aliphatic rings. The molecule has 0 atom stereocenters. The molecule has 4 rings (SSSR count). The zero-order chi connectivity index (χ0) is 18.9. The molecule has 0 amide bonds. The highest BCUT2D eigenvalue weighted by atomic mass is 14.5. The molecule has 0 saturated heterocycles. The van der Waals surface area contributed by atoms with Crippen molar-refractivity contribution in [2.75, 3.05) is 0 Å². The zero-order valence-electron chi connectivity index (χ0n) is 16.8. The maximum atomic E-state index is 2.46. The fraction of sp³-hybridized carbons (Fsp3) is 0.333. The second-order valence-electron chi connectivity index (χ2n) is 8.81. The smallest absolute Gasteiger partial charge is 0.0468 e. The Hall–Kier alpha value is -2.34. The minimum absolute atomic E-state index is 0.0638. The third-order valence-electron chi connectivity index (χ3n) is 6.28. The van der Waals surface area contributed by atoms with Crippen molar-refractivity contribution in [2.24, 2.45) is 5.41 Å². The molecule has 0 aliphatic heterocycles. The van der Waals surface area contributed by atoms with Crippen LogP contribution in [0.4, 0.5) is 0 Å². The van der Waals surface area contributed by atoms with Crippen LogP contribution in [0.25, 0.3) is 11.1 Å². The van der Waals surface area contributed by atoms with Crippen LogP contribution in [0.5, 0.6) is 0 Å². The van der Waals surface area contributed by atoms with Crippen LogP contribution in [0.2, 0.25) is 0 Å². The number of hydrogen-bond donors (Lipinski definition) is 0. The molecule has 0 spiro atoms. The Labute approximate surface area is 164 Å². The van der Waals surface area contributed by atoms with E-state index in [-0.39, 0.29) is 10.8 Å². The highest BCUT2D eigenvalue weighted by Crippen LogP contribution is 2.57. The number of fused-ring (bicyclic) bond motifs is 3. The van der Waals surface area contributed by atoms with E-state index in [1.807, 2.05) is 0 Å². The van der Waals surface area contributed by atoms with Gasteiger partial charge in [-0.3, -0.25) is 0 Å². The Balaban J connectivity index is 1.97. The lowest BCUT2D eigenvalue weighted by Crippen LogP contribution is -2.33. The first kappa shape index (κ1) is 18.0. The summed E-state index contributed by atoms with van der Waals surface area (Å²) in [6, 6.07) is 29.3. The predicted octanol–water partition coefficient (Wildman–Crippen LogP) is 7.61. The molecule has 3 aromatic carbocycles. The Bertz CT molecular complexity index is 872. The maximum absolute atomic E-state index is 2.46. The van der Waals surface area contributed by atoms with Crippen molar-refractivity contribution in [3.63, 3.8) is 0 Å². The molecule has 3 aromatic rings. The summed E-state index contributed by atoms with van der Waals surface area (Å²) in [5.74, 6) is 0. The van der Waals surface area contributed by atoms with Crippen molar-refractivity contribution in [3.05, 3.63) is 95.6 Å². The van der Waals surface area contributed by atoms with Crippen LogP contribution in [0, 0.1) is 5.41 Å². The number of rotatable bonds is 6. The lowest BCUT2D eigenvalue weighted by atomic mass is 9.63. The van der Waals surface area contributed by atoms with E-state index in [1.54, 1.807) is 0 Å². The van der Waals surface area contributed by atoms with Gasteiger partial charge in [0.25, 0.3) is 0 Å². The van der Waals surface area contributed by atoms with Gasteiger partial charge in [-0.05, 0) is 46.1 Å². The summed E-state index contributed by atoms with van der Waals surface area (Å²) < 4.78 is 0. The quantitative estimate of drug-likeness (QED) is 0.427. The van der Waals surface area contributed by atoms with Gasteiger partial charge in [-0.25, -0.2) is 0 Å². The maximum Gasteiger partial charge on any atom is 0.0468 e. The van der Waals surface area contributed by atoms with Crippen LogP contribution in [0.15, 0.2) is 78.9 Å².